The maximum atomic E-state index is 10.3. The lowest BCUT2D eigenvalue weighted by atomic mass is 9.94. The van der Waals surface area contributed by atoms with Crippen LogP contribution in [0.5, 0.6) is 5.75 Å². The van der Waals surface area contributed by atoms with Gasteiger partial charge in [-0.2, -0.15) is 0 Å². The van der Waals surface area contributed by atoms with Gasteiger partial charge in [0.2, 0.25) is 0 Å². The van der Waals surface area contributed by atoms with Gasteiger partial charge in [-0.1, -0.05) is 37.5 Å². The molecule has 0 spiro atoms. The van der Waals surface area contributed by atoms with E-state index >= 15 is 0 Å². The van der Waals surface area contributed by atoms with Crippen LogP contribution >= 0.6 is 0 Å². The number of nitrogens with zero attached hydrogens (tertiary/aromatic N) is 1. The first kappa shape index (κ1) is 20.2. The van der Waals surface area contributed by atoms with Crippen LogP contribution in [0.15, 0.2) is 24.3 Å². The van der Waals surface area contributed by atoms with Crippen molar-refractivity contribution >= 4 is 0 Å². The molecule has 0 unspecified atom stereocenters. The number of likely N-dealkylation sites (N-methyl/N-ethyl adjacent to an activating group) is 1. The Morgan fingerprint density at radius 3 is 2.76 bits per heavy atom. The van der Waals surface area contributed by atoms with E-state index in [-0.39, 0.29) is 6.61 Å². The van der Waals surface area contributed by atoms with Gasteiger partial charge in [0.1, 0.15) is 18.5 Å². The molecular weight excluding hydrogens is 316 g/mol. The van der Waals surface area contributed by atoms with E-state index in [1.54, 1.807) is 0 Å². The molecule has 2 rings (SSSR count). The quantitative estimate of drug-likeness (QED) is 0.534. The van der Waals surface area contributed by atoms with Crippen molar-refractivity contribution in [2.75, 3.05) is 33.4 Å². The van der Waals surface area contributed by atoms with E-state index < -0.39 is 6.10 Å². The van der Waals surface area contributed by atoms with E-state index in [0.29, 0.717) is 25.7 Å². The van der Waals surface area contributed by atoms with Gasteiger partial charge in [0.05, 0.1) is 0 Å². The molecule has 1 aromatic carbocycles. The van der Waals surface area contributed by atoms with E-state index in [9.17, 15) is 5.11 Å². The molecule has 1 saturated carbocycles. The average Bonchev–Trinajstić information content (AvgIpc) is 2.65. The number of hydrogen-bond acceptors (Lipinski definition) is 5. The highest BCUT2D eigenvalue weighted by Gasteiger charge is 2.20. The third-order valence-electron chi connectivity index (χ3n) is 4.93. The van der Waals surface area contributed by atoms with E-state index in [1.807, 2.05) is 24.3 Å². The molecule has 3 N–H and O–H groups in total. The summed E-state index contributed by atoms with van der Waals surface area (Å²) < 4.78 is 5.88. The lowest BCUT2D eigenvalue weighted by Crippen LogP contribution is -2.40. The summed E-state index contributed by atoms with van der Waals surface area (Å²) in [5.74, 6) is 0.818. The maximum Gasteiger partial charge on any atom is 0.123 e. The molecule has 0 aliphatic heterocycles. The second-order valence-electron chi connectivity index (χ2n) is 7.06. The van der Waals surface area contributed by atoms with Crippen LogP contribution in [0.3, 0.4) is 0 Å². The first-order valence-corrected chi connectivity index (χ1v) is 9.61. The molecule has 1 atom stereocenters. The molecule has 1 aliphatic carbocycles. The summed E-state index contributed by atoms with van der Waals surface area (Å²) in [7, 11) is 2.11. The van der Waals surface area contributed by atoms with Gasteiger partial charge in [-0.15, -0.1) is 0 Å². The molecule has 1 fully saturated rings. The lowest BCUT2D eigenvalue weighted by molar-refractivity contribution is 0.0558. The normalized spacial score (nSPS) is 17.0. The Kier molecular flexibility index (Phi) is 9.26. The summed E-state index contributed by atoms with van der Waals surface area (Å²) in [6, 6.07) is 8.52. The smallest absolute Gasteiger partial charge is 0.123 e. The van der Waals surface area contributed by atoms with Gasteiger partial charge in [0.25, 0.3) is 0 Å². The van der Waals surface area contributed by atoms with E-state index in [0.717, 1.165) is 24.3 Å². The van der Waals surface area contributed by atoms with Crippen molar-refractivity contribution in [3.63, 3.8) is 0 Å². The number of hydrogen-bond donors (Lipinski definition) is 3. The molecule has 142 valence electrons. The molecule has 25 heavy (non-hydrogen) atoms. The molecule has 1 aromatic rings. The summed E-state index contributed by atoms with van der Waals surface area (Å²) >= 11 is 0. The van der Waals surface area contributed by atoms with Crippen LogP contribution in [0.25, 0.3) is 0 Å². The van der Waals surface area contributed by atoms with Crippen LogP contribution in [0.2, 0.25) is 0 Å². The predicted octanol–water partition coefficient (Wildman–Crippen LogP) is 2.16. The first-order chi connectivity index (χ1) is 12.2. The highest BCUT2D eigenvalue weighted by molar-refractivity contribution is 5.33. The molecular formula is C20H34N2O3. The molecule has 0 radical (unpaired) electrons. The monoisotopic (exact) mass is 350 g/mol. The largest absolute Gasteiger partial charge is 0.491 e. The van der Waals surface area contributed by atoms with Crippen LogP contribution in [-0.2, 0) is 6.54 Å². The Morgan fingerprint density at radius 2 is 2.00 bits per heavy atom. The first-order valence-electron chi connectivity index (χ1n) is 9.61. The summed E-state index contributed by atoms with van der Waals surface area (Å²) in [6.07, 6.45) is 6.70. The molecule has 0 aromatic heterocycles. The van der Waals surface area contributed by atoms with E-state index in [2.05, 4.69) is 17.3 Å². The van der Waals surface area contributed by atoms with Crippen molar-refractivity contribution in [1.29, 1.82) is 0 Å². The molecule has 5 heteroatoms. The molecule has 1 aliphatic rings. The maximum absolute atomic E-state index is 10.3. The van der Waals surface area contributed by atoms with Crippen molar-refractivity contribution in [2.45, 2.75) is 57.2 Å². The fourth-order valence-corrected chi connectivity index (χ4v) is 3.46. The van der Waals surface area contributed by atoms with Crippen molar-refractivity contribution in [1.82, 2.24) is 10.2 Å². The van der Waals surface area contributed by atoms with Gasteiger partial charge in [0.15, 0.2) is 0 Å². The zero-order valence-corrected chi connectivity index (χ0v) is 15.5. The number of rotatable bonds is 11. The fourth-order valence-electron chi connectivity index (χ4n) is 3.46. The Balaban J connectivity index is 1.75. The van der Waals surface area contributed by atoms with E-state index in [1.165, 1.54) is 32.1 Å². The highest BCUT2D eigenvalue weighted by Crippen LogP contribution is 2.22. The van der Waals surface area contributed by atoms with E-state index in [4.69, 9.17) is 9.84 Å². The van der Waals surface area contributed by atoms with Crippen LogP contribution in [-0.4, -0.2) is 60.6 Å². The van der Waals surface area contributed by atoms with Crippen molar-refractivity contribution in [3.05, 3.63) is 29.8 Å². The van der Waals surface area contributed by atoms with Gasteiger partial charge in [-0.3, -0.25) is 0 Å². The Labute approximate surface area is 152 Å². The van der Waals surface area contributed by atoms with Crippen molar-refractivity contribution in [2.24, 2.45) is 0 Å². The summed E-state index contributed by atoms with van der Waals surface area (Å²) in [5.41, 5.74) is 1.08. The van der Waals surface area contributed by atoms with Crippen LogP contribution in [0, 0.1) is 0 Å². The minimum absolute atomic E-state index is 0.200. The minimum Gasteiger partial charge on any atom is -0.491 e. The van der Waals surface area contributed by atoms with Crippen LogP contribution in [0.1, 0.15) is 44.1 Å². The third-order valence-corrected chi connectivity index (χ3v) is 4.93. The predicted molar refractivity (Wildman–Crippen MR) is 101 cm³/mol. The Bertz CT molecular complexity index is 478. The average molecular weight is 351 g/mol. The van der Waals surface area contributed by atoms with Gasteiger partial charge in [0, 0.05) is 31.3 Å². The standard InChI is InChI=1S/C20H34N2O3/c1-22(18-9-3-2-4-10-18)15-19(24)16-25-20-11-6-5-8-17(20)14-21-12-7-13-23/h5-6,8,11,18-19,21,23-24H,2-4,7,9-10,12-16H2,1H3/t19-/m1/s1. The zero-order chi connectivity index (χ0) is 17.9. The zero-order valence-electron chi connectivity index (χ0n) is 15.5. The number of aliphatic hydroxyl groups is 2. The topological polar surface area (TPSA) is 65.0 Å². The minimum atomic E-state index is -0.484. The summed E-state index contributed by atoms with van der Waals surface area (Å²) in [4.78, 5) is 2.29. The molecule has 0 bridgehead atoms. The summed E-state index contributed by atoms with van der Waals surface area (Å²) in [6.45, 7) is 2.64. The molecule has 0 saturated heterocycles. The molecule has 5 nitrogen and oxygen atoms in total. The molecule has 0 amide bonds. The third kappa shape index (κ3) is 7.32. The SMILES string of the molecule is CN(C[C@@H](O)COc1ccccc1CNCCCO)C1CCCCC1. The summed E-state index contributed by atoms with van der Waals surface area (Å²) in [5, 5.41) is 22.5. The number of ether oxygens (including phenoxy) is 1. The fraction of sp³-hybridized carbons (Fsp3) is 0.700. The second-order valence-corrected chi connectivity index (χ2v) is 7.06. The number of benzene rings is 1. The highest BCUT2D eigenvalue weighted by atomic mass is 16.5. The van der Waals surface area contributed by atoms with Gasteiger partial charge in [-0.25, -0.2) is 0 Å². The van der Waals surface area contributed by atoms with Gasteiger partial charge < -0.3 is 25.2 Å². The van der Waals surface area contributed by atoms with Crippen LogP contribution < -0.4 is 10.1 Å². The lowest BCUT2D eigenvalue weighted by Gasteiger charge is -2.32. The number of nitrogens with one attached hydrogen (secondary N) is 1. The Hall–Kier alpha value is -1.14. The Morgan fingerprint density at radius 1 is 1.24 bits per heavy atom. The van der Waals surface area contributed by atoms with Crippen molar-refractivity contribution < 1.29 is 14.9 Å². The molecule has 0 heterocycles. The number of para-hydroxylation sites is 1. The number of aliphatic hydroxyl groups excluding tert-OH is 2. The second kappa shape index (κ2) is 11.5. The van der Waals surface area contributed by atoms with Crippen molar-refractivity contribution in [3.8, 4) is 5.75 Å². The van der Waals surface area contributed by atoms with Gasteiger partial charge in [-0.05, 0) is 38.9 Å². The van der Waals surface area contributed by atoms with Crippen LogP contribution in [0.4, 0.5) is 0 Å². The van der Waals surface area contributed by atoms with Gasteiger partial charge >= 0.3 is 0 Å².